The number of hydrogen-bond acceptors (Lipinski definition) is 5. The maximum Gasteiger partial charge on any atom is 0.294 e. The van der Waals surface area contributed by atoms with Gasteiger partial charge in [0.25, 0.3) is 10.0 Å². The zero-order valence-electron chi connectivity index (χ0n) is 9.58. The lowest BCUT2D eigenvalue weighted by molar-refractivity contribution is -0.123. The molecule has 0 radical (unpaired) electrons. The second-order valence-electron chi connectivity index (χ2n) is 3.49. The monoisotopic (exact) mass is 336 g/mol. The highest BCUT2D eigenvalue weighted by Gasteiger charge is 2.29. The zero-order valence-corrected chi connectivity index (χ0v) is 12.8. The topological polar surface area (TPSA) is 66.8 Å². The van der Waals surface area contributed by atoms with Gasteiger partial charge in [-0.25, -0.2) is 0 Å². The van der Waals surface area contributed by atoms with Crippen molar-refractivity contribution < 1.29 is 13.2 Å². The van der Waals surface area contributed by atoms with Crippen LogP contribution >= 0.6 is 34.7 Å². The quantitative estimate of drug-likeness (QED) is 0.791. The van der Waals surface area contributed by atoms with E-state index in [1.807, 2.05) is 0 Å². The standard InChI is InChI=1S/C10H9ClN2O3S3/c1-2-5-13-8(14)6-17-10(13)12-19(15,16)9-4-3-7(11)18-9/h2-4H,1,5-6H2/b12-10-. The Morgan fingerprint density at radius 2 is 2.26 bits per heavy atom. The number of sulfonamides is 1. The molecule has 9 heteroatoms. The predicted octanol–water partition coefficient (Wildman–Crippen LogP) is 2.21. The highest BCUT2D eigenvalue weighted by molar-refractivity contribution is 8.15. The van der Waals surface area contributed by atoms with E-state index in [0.29, 0.717) is 4.34 Å². The number of carbonyl (C=O) groups excluding carboxylic acids is 1. The van der Waals surface area contributed by atoms with Gasteiger partial charge >= 0.3 is 0 Å². The van der Waals surface area contributed by atoms with Gasteiger partial charge in [0.15, 0.2) is 5.17 Å². The molecular formula is C10H9ClN2O3S3. The van der Waals surface area contributed by atoms with Crippen molar-refractivity contribution in [2.45, 2.75) is 4.21 Å². The molecule has 0 bridgehead atoms. The summed E-state index contributed by atoms with van der Waals surface area (Å²) in [6, 6.07) is 2.89. The summed E-state index contributed by atoms with van der Waals surface area (Å²) in [6.07, 6.45) is 1.52. The molecule has 0 atom stereocenters. The summed E-state index contributed by atoms with van der Waals surface area (Å²) in [5, 5.41) is 0.175. The fourth-order valence-corrected chi connectivity index (χ4v) is 4.95. The predicted molar refractivity (Wildman–Crippen MR) is 78.3 cm³/mol. The van der Waals surface area contributed by atoms with Gasteiger partial charge in [-0.1, -0.05) is 29.4 Å². The van der Waals surface area contributed by atoms with Crippen LogP contribution in [0, 0.1) is 0 Å². The lowest BCUT2D eigenvalue weighted by atomic mass is 10.5. The Bertz CT molecular complexity index is 651. The third kappa shape index (κ3) is 3.19. The van der Waals surface area contributed by atoms with E-state index in [1.165, 1.54) is 23.1 Å². The summed E-state index contributed by atoms with van der Waals surface area (Å²) in [6.45, 7) is 3.77. The maximum atomic E-state index is 12.0. The largest absolute Gasteiger partial charge is 0.294 e. The van der Waals surface area contributed by atoms with Crippen LogP contribution in [0.2, 0.25) is 4.34 Å². The van der Waals surface area contributed by atoms with E-state index in [0.717, 1.165) is 23.1 Å². The van der Waals surface area contributed by atoms with Crippen LogP contribution in [0.15, 0.2) is 33.4 Å². The van der Waals surface area contributed by atoms with E-state index >= 15 is 0 Å². The van der Waals surface area contributed by atoms with Gasteiger partial charge < -0.3 is 0 Å². The minimum Gasteiger partial charge on any atom is -0.286 e. The number of amidine groups is 1. The summed E-state index contributed by atoms with van der Waals surface area (Å²) >= 11 is 7.74. The van der Waals surface area contributed by atoms with Crippen LogP contribution in [0.1, 0.15) is 0 Å². The molecule has 1 fully saturated rings. The second-order valence-corrected chi connectivity index (χ2v) is 7.98. The first-order valence-corrected chi connectivity index (χ1v) is 8.70. The third-order valence-corrected chi connectivity index (χ3v) is 6.21. The van der Waals surface area contributed by atoms with Crippen LogP contribution in [-0.2, 0) is 14.8 Å². The average molecular weight is 337 g/mol. The Kier molecular flexibility index (Phi) is 4.34. The highest BCUT2D eigenvalue weighted by atomic mass is 35.5. The lowest BCUT2D eigenvalue weighted by Gasteiger charge is -2.12. The number of thiophene rings is 1. The molecule has 1 aliphatic rings. The molecule has 5 nitrogen and oxygen atoms in total. The van der Waals surface area contributed by atoms with Crippen molar-refractivity contribution in [3.05, 3.63) is 29.1 Å². The van der Waals surface area contributed by atoms with Gasteiger partial charge in [0.1, 0.15) is 4.21 Å². The molecule has 2 rings (SSSR count). The smallest absolute Gasteiger partial charge is 0.286 e. The Labute approximate surface area is 124 Å². The van der Waals surface area contributed by atoms with Crippen molar-refractivity contribution in [1.82, 2.24) is 4.90 Å². The van der Waals surface area contributed by atoms with Gasteiger partial charge in [0, 0.05) is 6.54 Å². The summed E-state index contributed by atoms with van der Waals surface area (Å²) in [5.41, 5.74) is 0. The third-order valence-electron chi connectivity index (χ3n) is 2.17. The van der Waals surface area contributed by atoms with E-state index in [4.69, 9.17) is 11.6 Å². The number of halogens is 1. The minimum absolute atomic E-state index is 0.0588. The van der Waals surface area contributed by atoms with Gasteiger partial charge in [-0.05, 0) is 12.1 Å². The van der Waals surface area contributed by atoms with Crippen molar-refractivity contribution in [3.63, 3.8) is 0 Å². The fourth-order valence-electron chi connectivity index (χ4n) is 1.36. The van der Waals surface area contributed by atoms with E-state index in [9.17, 15) is 13.2 Å². The summed E-state index contributed by atoms with van der Waals surface area (Å²) in [7, 11) is -3.82. The fraction of sp³-hybridized carbons (Fsp3) is 0.200. The molecule has 1 aliphatic heterocycles. The Morgan fingerprint density at radius 1 is 1.53 bits per heavy atom. The zero-order chi connectivity index (χ0) is 14.0. The molecule has 1 amide bonds. The number of amides is 1. The Balaban J connectivity index is 2.34. The second kappa shape index (κ2) is 5.66. The Hall–Kier alpha value is -0.830. The minimum atomic E-state index is -3.82. The first-order valence-electron chi connectivity index (χ1n) is 5.08. The molecular weight excluding hydrogens is 328 g/mol. The van der Waals surface area contributed by atoms with Crippen molar-refractivity contribution in [2.24, 2.45) is 4.40 Å². The summed E-state index contributed by atoms with van der Waals surface area (Å²) < 4.78 is 28.2. The normalized spacial score (nSPS) is 18.3. The van der Waals surface area contributed by atoms with Crippen LogP contribution in [0.4, 0.5) is 0 Å². The molecule has 0 unspecified atom stereocenters. The van der Waals surface area contributed by atoms with Gasteiger partial charge in [-0.3, -0.25) is 9.69 Å². The summed E-state index contributed by atoms with van der Waals surface area (Å²) in [5.74, 6) is 0.0102. The molecule has 0 saturated carbocycles. The molecule has 1 aromatic heterocycles. The number of thioether (sulfide) groups is 1. The number of rotatable bonds is 4. The molecule has 1 saturated heterocycles. The lowest BCUT2D eigenvalue weighted by Crippen LogP contribution is -2.30. The molecule has 0 aliphatic carbocycles. The average Bonchev–Trinajstić information content (AvgIpc) is 2.90. The first-order chi connectivity index (χ1) is 8.94. The van der Waals surface area contributed by atoms with Crippen LogP contribution in [-0.4, -0.2) is 36.7 Å². The number of carbonyl (C=O) groups is 1. The van der Waals surface area contributed by atoms with E-state index in [1.54, 1.807) is 0 Å². The molecule has 0 aromatic carbocycles. The maximum absolute atomic E-state index is 12.0. The SMILES string of the molecule is C=CCN1C(=O)CS/C1=N\S(=O)(=O)c1ccc(Cl)s1. The molecule has 0 spiro atoms. The van der Waals surface area contributed by atoms with Crippen molar-refractivity contribution in [2.75, 3.05) is 12.3 Å². The van der Waals surface area contributed by atoms with E-state index in [-0.39, 0.29) is 27.6 Å². The Morgan fingerprint density at radius 3 is 2.84 bits per heavy atom. The van der Waals surface area contributed by atoms with Crippen LogP contribution < -0.4 is 0 Å². The van der Waals surface area contributed by atoms with Gasteiger partial charge in [-0.15, -0.1) is 22.3 Å². The molecule has 102 valence electrons. The van der Waals surface area contributed by atoms with Crippen LogP contribution in [0.5, 0.6) is 0 Å². The molecule has 19 heavy (non-hydrogen) atoms. The van der Waals surface area contributed by atoms with Crippen LogP contribution in [0.3, 0.4) is 0 Å². The van der Waals surface area contributed by atoms with E-state index in [2.05, 4.69) is 11.0 Å². The van der Waals surface area contributed by atoms with Crippen molar-refractivity contribution in [3.8, 4) is 0 Å². The molecule has 2 heterocycles. The first kappa shape index (κ1) is 14.6. The highest BCUT2D eigenvalue weighted by Crippen LogP contribution is 2.29. The summed E-state index contributed by atoms with van der Waals surface area (Å²) in [4.78, 5) is 12.9. The number of hydrogen-bond donors (Lipinski definition) is 0. The van der Waals surface area contributed by atoms with Gasteiger partial charge in [0.05, 0.1) is 10.1 Å². The number of nitrogens with zero attached hydrogens (tertiary/aromatic N) is 2. The molecule has 0 N–H and O–H groups in total. The van der Waals surface area contributed by atoms with Crippen molar-refractivity contribution in [1.29, 1.82) is 0 Å². The van der Waals surface area contributed by atoms with Crippen molar-refractivity contribution >= 4 is 55.8 Å². The van der Waals surface area contributed by atoms with Gasteiger partial charge in [-0.2, -0.15) is 8.42 Å². The van der Waals surface area contributed by atoms with Crippen LogP contribution in [0.25, 0.3) is 0 Å². The van der Waals surface area contributed by atoms with E-state index < -0.39 is 10.0 Å². The van der Waals surface area contributed by atoms with Gasteiger partial charge in [0.2, 0.25) is 5.91 Å². The molecule has 1 aromatic rings.